The minimum Gasteiger partial charge on any atom is -0.356 e. The van der Waals surface area contributed by atoms with Gasteiger partial charge in [-0.25, -0.2) is 4.98 Å². The van der Waals surface area contributed by atoms with Crippen LogP contribution in [0.5, 0.6) is 0 Å². The molecule has 1 fully saturated rings. The van der Waals surface area contributed by atoms with E-state index in [2.05, 4.69) is 26.2 Å². The lowest BCUT2D eigenvalue weighted by atomic mass is 9.95. The predicted molar refractivity (Wildman–Crippen MR) is 107 cm³/mol. The molecule has 1 N–H and O–H groups in total. The van der Waals surface area contributed by atoms with Gasteiger partial charge in [0.05, 0.1) is 6.33 Å². The van der Waals surface area contributed by atoms with Crippen LogP contribution in [0.4, 0.5) is 0 Å². The van der Waals surface area contributed by atoms with Gasteiger partial charge in [-0.05, 0) is 49.9 Å². The van der Waals surface area contributed by atoms with Gasteiger partial charge in [-0.15, -0.1) is 0 Å². The zero-order valence-corrected chi connectivity index (χ0v) is 16.9. The molecule has 1 saturated heterocycles. The number of nitrogens with zero attached hydrogens (tertiary/aromatic N) is 3. The van der Waals surface area contributed by atoms with Gasteiger partial charge in [-0.1, -0.05) is 15.9 Å². The van der Waals surface area contributed by atoms with Crippen molar-refractivity contribution < 1.29 is 9.59 Å². The Hall–Kier alpha value is -2.15. The third-order valence-electron chi connectivity index (χ3n) is 4.95. The van der Waals surface area contributed by atoms with Crippen molar-refractivity contribution in [3.63, 3.8) is 0 Å². The normalized spacial score (nSPS) is 14.9. The number of hydrogen-bond acceptors (Lipinski definition) is 3. The highest BCUT2D eigenvalue weighted by Crippen LogP contribution is 2.20. The second-order valence-corrected chi connectivity index (χ2v) is 7.79. The maximum atomic E-state index is 12.5. The molecule has 0 saturated carbocycles. The summed E-state index contributed by atoms with van der Waals surface area (Å²) in [7, 11) is 0. The number of amides is 2. The Morgan fingerprint density at radius 3 is 2.56 bits per heavy atom. The summed E-state index contributed by atoms with van der Waals surface area (Å²) < 4.78 is 3.00. The summed E-state index contributed by atoms with van der Waals surface area (Å²) in [6.07, 6.45) is 8.94. The van der Waals surface area contributed by atoms with E-state index < -0.39 is 0 Å². The molecule has 1 aliphatic heterocycles. The maximum Gasteiger partial charge on any atom is 0.253 e. The van der Waals surface area contributed by atoms with E-state index in [1.807, 2.05) is 46.3 Å². The topological polar surface area (TPSA) is 67.2 Å². The first-order chi connectivity index (χ1) is 13.1. The van der Waals surface area contributed by atoms with Gasteiger partial charge >= 0.3 is 0 Å². The molecule has 7 heteroatoms. The second-order valence-electron chi connectivity index (χ2n) is 6.87. The second kappa shape index (κ2) is 9.69. The lowest BCUT2D eigenvalue weighted by Gasteiger charge is -2.31. The number of carbonyl (C=O) groups is 2. The Morgan fingerprint density at radius 2 is 1.89 bits per heavy atom. The van der Waals surface area contributed by atoms with E-state index in [0.717, 1.165) is 36.7 Å². The Bertz CT molecular complexity index is 738. The van der Waals surface area contributed by atoms with Crippen LogP contribution in [0.1, 0.15) is 36.0 Å². The van der Waals surface area contributed by atoms with Crippen LogP contribution in [0.15, 0.2) is 47.5 Å². The molecule has 1 aromatic heterocycles. The van der Waals surface area contributed by atoms with Crippen molar-refractivity contribution in [2.75, 3.05) is 19.6 Å². The molecule has 3 rings (SSSR count). The molecule has 0 spiro atoms. The molecule has 0 bridgehead atoms. The van der Waals surface area contributed by atoms with E-state index in [4.69, 9.17) is 0 Å². The van der Waals surface area contributed by atoms with Gasteiger partial charge in [0.1, 0.15) is 0 Å². The summed E-state index contributed by atoms with van der Waals surface area (Å²) in [4.78, 5) is 30.7. The van der Waals surface area contributed by atoms with Crippen molar-refractivity contribution in [1.82, 2.24) is 19.8 Å². The van der Waals surface area contributed by atoms with Crippen molar-refractivity contribution in [2.45, 2.75) is 32.2 Å². The zero-order valence-electron chi connectivity index (χ0n) is 15.3. The first-order valence-corrected chi connectivity index (χ1v) is 10.2. The minimum atomic E-state index is 0.00705. The fraction of sp³-hybridized carbons (Fsp3) is 0.450. The summed E-state index contributed by atoms with van der Waals surface area (Å²) in [5.74, 6) is 0.168. The number of benzene rings is 1. The molecule has 0 atom stereocenters. The minimum absolute atomic E-state index is 0.00705. The van der Waals surface area contributed by atoms with Gasteiger partial charge in [-0.2, -0.15) is 0 Å². The Kier molecular flexibility index (Phi) is 7.04. The van der Waals surface area contributed by atoms with Crippen LogP contribution in [-0.2, 0) is 11.3 Å². The van der Waals surface area contributed by atoms with Crippen molar-refractivity contribution in [3.8, 4) is 0 Å². The van der Waals surface area contributed by atoms with Crippen LogP contribution in [0.25, 0.3) is 0 Å². The molecule has 144 valence electrons. The highest BCUT2D eigenvalue weighted by atomic mass is 79.9. The summed E-state index contributed by atoms with van der Waals surface area (Å²) in [5, 5.41) is 3.04. The molecule has 2 aromatic rings. The number of carbonyl (C=O) groups excluding carboxylic acids is 2. The van der Waals surface area contributed by atoms with Gasteiger partial charge in [-0.3, -0.25) is 9.59 Å². The Labute approximate surface area is 168 Å². The number of aryl methyl sites for hydroxylation is 1. The first-order valence-electron chi connectivity index (χ1n) is 9.42. The fourth-order valence-electron chi connectivity index (χ4n) is 3.31. The maximum absolute atomic E-state index is 12.5. The molecular formula is C20H25BrN4O2. The summed E-state index contributed by atoms with van der Waals surface area (Å²) >= 11 is 3.38. The average Bonchev–Trinajstić information content (AvgIpc) is 3.21. The van der Waals surface area contributed by atoms with Crippen molar-refractivity contribution in [3.05, 3.63) is 53.0 Å². The lowest BCUT2D eigenvalue weighted by Crippen LogP contribution is -2.43. The van der Waals surface area contributed by atoms with Crippen LogP contribution < -0.4 is 5.32 Å². The number of piperidine rings is 1. The summed E-state index contributed by atoms with van der Waals surface area (Å²) in [6.45, 7) is 2.89. The van der Waals surface area contributed by atoms with E-state index in [-0.39, 0.29) is 17.7 Å². The molecule has 0 radical (unpaired) electrons. The molecule has 1 aromatic carbocycles. The van der Waals surface area contributed by atoms with E-state index in [9.17, 15) is 9.59 Å². The van der Waals surface area contributed by atoms with Gasteiger partial charge in [0, 0.05) is 54.5 Å². The molecule has 0 unspecified atom stereocenters. The van der Waals surface area contributed by atoms with Gasteiger partial charge in [0.15, 0.2) is 0 Å². The average molecular weight is 433 g/mol. The van der Waals surface area contributed by atoms with Crippen molar-refractivity contribution in [2.24, 2.45) is 5.92 Å². The fourth-order valence-corrected chi connectivity index (χ4v) is 3.58. The van der Waals surface area contributed by atoms with E-state index in [1.165, 1.54) is 0 Å². The highest BCUT2D eigenvalue weighted by Gasteiger charge is 2.27. The molecular weight excluding hydrogens is 408 g/mol. The monoisotopic (exact) mass is 432 g/mol. The van der Waals surface area contributed by atoms with Crippen molar-refractivity contribution in [1.29, 1.82) is 0 Å². The predicted octanol–water partition coefficient (Wildman–Crippen LogP) is 3.09. The van der Waals surface area contributed by atoms with Crippen LogP contribution in [0.3, 0.4) is 0 Å². The largest absolute Gasteiger partial charge is 0.356 e. The van der Waals surface area contributed by atoms with Crippen LogP contribution in [0.2, 0.25) is 0 Å². The Balaban J connectivity index is 1.35. The number of nitrogens with one attached hydrogen (secondary N) is 1. The summed E-state index contributed by atoms with van der Waals surface area (Å²) in [5.41, 5.74) is 0.694. The van der Waals surface area contributed by atoms with Gasteiger partial charge < -0.3 is 14.8 Å². The van der Waals surface area contributed by atoms with Crippen molar-refractivity contribution >= 4 is 27.7 Å². The Morgan fingerprint density at radius 1 is 1.15 bits per heavy atom. The number of hydrogen-bond donors (Lipinski definition) is 1. The third kappa shape index (κ3) is 5.66. The van der Waals surface area contributed by atoms with E-state index >= 15 is 0 Å². The van der Waals surface area contributed by atoms with Crippen LogP contribution in [0, 0.1) is 5.92 Å². The SMILES string of the molecule is O=C(NCCCCn1ccnc1)C1CCN(C(=O)c2ccc(Br)cc2)CC1. The molecule has 6 nitrogen and oxygen atoms in total. The molecule has 2 heterocycles. The third-order valence-corrected chi connectivity index (χ3v) is 5.47. The molecule has 1 aliphatic rings. The smallest absolute Gasteiger partial charge is 0.253 e. The molecule has 0 aliphatic carbocycles. The number of likely N-dealkylation sites (tertiary alicyclic amines) is 1. The molecule has 27 heavy (non-hydrogen) atoms. The number of rotatable bonds is 7. The first kappa shape index (κ1) is 19.6. The van der Waals surface area contributed by atoms with Gasteiger partial charge in [0.2, 0.25) is 5.91 Å². The zero-order chi connectivity index (χ0) is 19.1. The number of imidazole rings is 1. The number of aromatic nitrogens is 2. The lowest BCUT2D eigenvalue weighted by molar-refractivity contribution is -0.126. The number of unbranched alkanes of at least 4 members (excludes halogenated alkanes) is 1. The summed E-state index contributed by atoms with van der Waals surface area (Å²) in [6, 6.07) is 7.41. The van der Waals surface area contributed by atoms with Gasteiger partial charge in [0.25, 0.3) is 5.91 Å². The van der Waals surface area contributed by atoms with E-state index in [1.54, 1.807) is 6.20 Å². The van der Waals surface area contributed by atoms with Crippen LogP contribution >= 0.6 is 15.9 Å². The molecule has 2 amide bonds. The highest BCUT2D eigenvalue weighted by molar-refractivity contribution is 9.10. The standard InChI is InChI=1S/C20H25BrN4O2/c21-18-5-3-17(4-6-18)20(27)25-12-7-16(8-13-25)19(26)23-9-1-2-11-24-14-10-22-15-24/h3-6,10,14-16H,1-2,7-9,11-13H2,(H,23,26). The number of halogens is 1. The van der Waals surface area contributed by atoms with Crippen LogP contribution in [-0.4, -0.2) is 45.9 Å². The quantitative estimate of drug-likeness (QED) is 0.683. The van der Waals surface area contributed by atoms with E-state index in [0.29, 0.717) is 25.2 Å².